The molecule has 0 fully saturated rings. The maximum absolute atomic E-state index is 5.39. The van der Waals surface area contributed by atoms with E-state index in [2.05, 4.69) is 142 Å². The van der Waals surface area contributed by atoms with Gasteiger partial charge in [0.15, 0.2) is 0 Å². The molecule has 5 heterocycles. The third-order valence-corrected chi connectivity index (χ3v) is 8.96. The molecule has 0 aliphatic heterocycles. The van der Waals surface area contributed by atoms with E-state index in [1.807, 2.05) is 48.9 Å². The van der Waals surface area contributed by atoms with Crippen LogP contribution in [0, 0.1) is 0 Å². The number of hydrogen-bond donors (Lipinski definition) is 0. The van der Waals surface area contributed by atoms with Gasteiger partial charge in [-0.3, -0.25) is 14.5 Å². The molecular weight excluding hydrogens is 599 g/mol. The summed E-state index contributed by atoms with van der Waals surface area (Å²) in [6.45, 7) is 0. The zero-order valence-electron chi connectivity index (χ0n) is 26.5. The molecule has 9 rings (SSSR count). The highest BCUT2D eigenvalue weighted by molar-refractivity contribution is 6.08. The van der Waals surface area contributed by atoms with Crippen LogP contribution in [0.2, 0.25) is 0 Å². The van der Waals surface area contributed by atoms with Crippen molar-refractivity contribution in [1.29, 1.82) is 0 Å². The van der Waals surface area contributed by atoms with Gasteiger partial charge in [-0.2, -0.15) is 0 Å². The lowest BCUT2D eigenvalue weighted by Gasteiger charge is -2.14. The van der Waals surface area contributed by atoms with Gasteiger partial charge in [0.25, 0.3) is 0 Å². The number of aromatic nitrogens is 5. The second-order valence-corrected chi connectivity index (χ2v) is 12.0. The summed E-state index contributed by atoms with van der Waals surface area (Å²) in [6.07, 6.45) is 5.59. The Balaban J connectivity index is 1.27. The second-order valence-electron chi connectivity index (χ2n) is 12.0. The van der Waals surface area contributed by atoms with E-state index < -0.39 is 0 Å². The number of rotatable bonds is 6. The predicted molar refractivity (Wildman–Crippen MR) is 199 cm³/mol. The number of fused-ring (bicyclic) bond motifs is 3. The number of nitrogens with zero attached hydrogens (tertiary/aromatic N) is 5. The van der Waals surface area contributed by atoms with Crippen LogP contribution in [-0.2, 0) is 0 Å². The first-order chi connectivity index (χ1) is 24.3. The number of pyridine rings is 4. The molecule has 5 nitrogen and oxygen atoms in total. The van der Waals surface area contributed by atoms with Crippen LogP contribution in [0.5, 0.6) is 0 Å². The van der Waals surface area contributed by atoms with Crippen LogP contribution in [0.4, 0.5) is 0 Å². The molecule has 49 heavy (non-hydrogen) atoms. The lowest BCUT2D eigenvalue weighted by atomic mass is 9.99. The molecule has 0 spiro atoms. The average Bonchev–Trinajstić information content (AvgIpc) is 3.53. The van der Waals surface area contributed by atoms with Crippen LogP contribution in [0.1, 0.15) is 0 Å². The molecule has 4 aromatic carbocycles. The van der Waals surface area contributed by atoms with Crippen molar-refractivity contribution in [1.82, 2.24) is 24.5 Å². The van der Waals surface area contributed by atoms with Crippen LogP contribution in [0.3, 0.4) is 0 Å². The molecule has 0 unspecified atom stereocenters. The van der Waals surface area contributed by atoms with Crippen LogP contribution in [0.25, 0.3) is 83.8 Å². The van der Waals surface area contributed by atoms with Gasteiger partial charge in [-0.15, -0.1) is 0 Å². The first kappa shape index (κ1) is 28.5. The fraction of sp³-hybridized carbons (Fsp3) is 0. The predicted octanol–water partition coefficient (Wildman–Crippen LogP) is 10.7. The molecule has 0 saturated heterocycles. The van der Waals surface area contributed by atoms with Gasteiger partial charge in [-0.05, 0) is 70.8 Å². The molecule has 5 aromatic heterocycles. The minimum absolute atomic E-state index is 0.789. The summed E-state index contributed by atoms with van der Waals surface area (Å²) in [4.78, 5) is 19.6. The van der Waals surface area contributed by atoms with Crippen molar-refractivity contribution >= 4 is 21.8 Å². The molecule has 0 bridgehead atoms. The fourth-order valence-electron chi connectivity index (χ4n) is 6.57. The number of hydrogen-bond acceptors (Lipinski definition) is 4. The normalized spacial score (nSPS) is 11.3. The van der Waals surface area contributed by atoms with Crippen molar-refractivity contribution in [3.63, 3.8) is 0 Å². The molecule has 5 heteroatoms. The number of para-hydroxylation sites is 1. The Bertz CT molecular complexity index is 2520. The molecule has 0 aliphatic rings. The molecule has 0 atom stereocenters. The maximum Gasteiger partial charge on any atom is 0.138 e. The summed E-state index contributed by atoms with van der Waals surface area (Å²) in [6, 6.07) is 54.5. The van der Waals surface area contributed by atoms with Crippen molar-refractivity contribution in [2.45, 2.75) is 0 Å². The van der Waals surface area contributed by atoms with Gasteiger partial charge < -0.3 is 0 Å². The molecule has 0 N–H and O–H groups in total. The van der Waals surface area contributed by atoms with Gasteiger partial charge in [0.2, 0.25) is 0 Å². The Hall–Kier alpha value is -6.72. The Morgan fingerprint density at radius 2 is 0.980 bits per heavy atom. The van der Waals surface area contributed by atoms with E-state index in [9.17, 15) is 0 Å². The van der Waals surface area contributed by atoms with E-state index >= 15 is 0 Å². The second kappa shape index (κ2) is 12.1. The van der Waals surface area contributed by atoms with E-state index in [0.717, 1.165) is 78.2 Å². The topological polar surface area (TPSA) is 56.5 Å². The number of benzene rings is 4. The minimum atomic E-state index is 0.789. The van der Waals surface area contributed by atoms with Crippen LogP contribution in [0.15, 0.2) is 176 Å². The summed E-state index contributed by atoms with van der Waals surface area (Å²) in [5.74, 6) is 0.832. The maximum atomic E-state index is 5.39. The Morgan fingerprint density at radius 1 is 0.367 bits per heavy atom. The third kappa shape index (κ3) is 5.33. The van der Waals surface area contributed by atoms with E-state index in [1.54, 1.807) is 0 Å². The Kier molecular flexibility index (Phi) is 7.06. The van der Waals surface area contributed by atoms with Crippen molar-refractivity contribution in [3.05, 3.63) is 176 Å². The SMILES string of the molecule is c1ccc(-c2ccc(-c3cc(-c4cc(-c5ccccc5)cc(-n5c6ccccc6c6cnccc65)n4)cc(-c4ccccn4)n3)cc2)cc1. The summed E-state index contributed by atoms with van der Waals surface area (Å²) in [5.41, 5.74) is 11.9. The van der Waals surface area contributed by atoms with Crippen LogP contribution < -0.4 is 0 Å². The molecule has 0 amide bonds. The van der Waals surface area contributed by atoms with Gasteiger partial charge in [-0.1, -0.05) is 109 Å². The summed E-state index contributed by atoms with van der Waals surface area (Å²) in [7, 11) is 0. The van der Waals surface area contributed by atoms with E-state index in [0.29, 0.717) is 0 Å². The molecule has 0 radical (unpaired) electrons. The smallest absolute Gasteiger partial charge is 0.138 e. The summed E-state index contributed by atoms with van der Waals surface area (Å²) >= 11 is 0. The van der Waals surface area contributed by atoms with Gasteiger partial charge in [0.1, 0.15) is 5.82 Å². The van der Waals surface area contributed by atoms with Crippen molar-refractivity contribution in [3.8, 4) is 62.0 Å². The average molecular weight is 628 g/mol. The molecule has 9 aromatic rings. The molecule has 0 saturated carbocycles. The van der Waals surface area contributed by atoms with Gasteiger partial charge in [0.05, 0.1) is 33.8 Å². The zero-order chi connectivity index (χ0) is 32.6. The van der Waals surface area contributed by atoms with E-state index in [4.69, 9.17) is 9.97 Å². The van der Waals surface area contributed by atoms with E-state index in [1.165, 1.54) is 5.56 Å². The van der Waals surface area contributed by atoms with Gasteiger partial charge >= 0.3 is 0 Å². The van der Waals surface area contributed by atoms with Crippen LogP contribution >= 0.6 is 0 Å². The zero-order valence-corrected chi connectivity index (χ0v) is 26.5. The third-order valence-electron chi connectivity index (χ3n) is 8.96. The lowest BCUT2D eigenvalue weighted by Crippen LogP contribution is -2.01. The summed E-state index contributed by atoms with van der Waals surface area (Å²) in [5, 5.41) is 2.23. The molecule has 0 aliphatic carbocycles. The fourth-order valence-corrected chi connectivity index (χ4v) is 6.57. The quantitative estimate of drug-likeness (QED) is 0.184. The van der Waals surface area contributed by atoms with Gasteiger partial charge in [-0.25, -0.2) is 9.97 Å². The van der Waals surface area contributed by atoms with Crippen molar-refractivity contribution in [2.75, 3.05) is 0 Å². The summed E-state index contributed by atoms with van der Waals surface area (Å²) < 4.78 is 2.24. The Labute approximate surface area is 283 Å². The Morgan fingerprint density at radius 3 is 1.76 bits per heavy atom. The standard InChI is InChI=1S/C44H29N5/c1-3-11-30(12-4-1)32-18-20-33(21-19-32)39-26-35(27-41(47-39)38-16-9-10-23-46-38)40-25-34(31-13-5-2-6-14-31)28-44(48-40)49-42-17-8-7-15-36(42)37-29-45-24-22-43(37)49/h1-29H. The van der Waals surface area contributed by atoms with Crippen molar-refractivity contribution in [2.24, 2.45) is 0 Å². The first-order valence-corrected chi connectivity index (χ1v) is 16.3. The largest absolute Gasteiger partial charge is 0.294 e. The first-order valence-electron chi connectivity index (χ1n) is 16.3. The molecule has 230 valence electrons. The monoisotopic (exact) mass is 627 g/mol. The highest BCUT2D eigenvalue weighted by atomic mass is 15.1. The highest BCUT2D eigenvalue weighted by Crippen LogP contribution is 2.36. The lowest BCUT2D eigenvalue weighted by molar-refractivity contribution is 1.08. The molecular formula is C44H29N5. The van der Waals surface area contributed by atoms with Crippen LogP contribution in [-0.4, -0.2) is 24.5 Å². The van der Waals surface area contributed by atoms with E-state index in [-0.39, 0.29) is 0 Å². The van der Waals surface area contributed by atoms with Gasteiger partial charge in [0, 0.05) is 40.5 Å². The highest BCUT2D eigenvalue weighted by Gasteiger charge is 2.17. The van der Waals surface area contributed by atoms with Crippen molar-refractivity contribution < 1.29 is 0 Å². The minimum Gasteiger partial charge on any atom is -0.294 e.